The Kier molecular flexibility index (Phi) is 7.90. The molecule has 1 aliphatic rings. The second-order valence-corrected chi connectivity index (χ2v) is 7.41. The van der Waals surface area contributed by atoms with Gasteiger partial charge in [0, 0.05) is 38.3 Å². The molecule has 2 N–H and O–H groups in total. The lowest BCUT2D eigenvalue weighted by atomic mass is 10.2. The highest BCUT2D eigenvalue weighted by molar-refractivity contribution is 5.80. The molecule has 3 rings (SSSR count). The van der Waals surface area contributed by atoms with Crippen LogP contribution < -0.4 is 20.1 Å². The number of guanidine groups is 1. The van der Waals surface area contributed by atoms with E-state index in [9.17, 15) is 4.39 Å². The number of hydrogen-bond donors (Lipinski definition) is 2. The minimum absolute atomic E-state index is 0.235. The predicted octanol–water partition coefficient (Wildman–Crippen LogP) is 3.17. The van der Waals surface area contributed by atoms with Crippen LogP contribution in [0.3, 0.4) is 0 Å². The largest absolute Gasteiger partial charge is 0.497 e. The number of methoxy groups -OCH3 is 2. The van der Waals surface area contributed by atoms with Gasteiger partial charge in [0.1, 0.15) is 17.3 Å². The lowest BCUT2D eigenvalue weighted by molar-refractivity contribution is 0.321. The van der Waals surface area contributed by atoms with Crippen LogP contribution in [0.5, 0.6) is 11.5 Å². The monoisotopic (exact) mass is 414 g/mol. The molecule has 1 atom stereocenters. The quantitative estimate of drug-likeness (QED) is 0.513. The molecule has 0 aliphatic carbocycles. The number of benzene rings is 2. The Labute approximate surface area is 178 Å². The van der Waals surface area contributed by atoms with E-state index in [-0.39, 0.29) is 5.82 Å². The third-order valence-corrected chi connectivity index (χ3v) is 5.08. The third kappa shape index (κ3) is 6.35. The van der Waals surface area contributed by atoms with Gasteiger partial charge in [-0.25, -0.2) is 9.38 Å². The van der Waals surface area contributed by atoms with Crippen molar-refractivity contribution in [1.29, 1.82) is 0 Å². The first-order valence-electron chi connectivity index (χ1n) is 10.3. The SMILES string of the molecule is CCNC(=NCc1cccc(F)c1)NC1CCN(Cc2cc(OC)cc(OC)c2)C1. The normalized spacial score (nSPS) is 17.1. The molecular weight excluding hydrogens is 383 g/mol. The van der Waals surface area contributed by atoms with Crippen LogP contribution in [-0.2, 0) is 13.1 Å². The molecule has 0 amide bonds. The Morgan fingerprint density at radius 1 is 1.13 bits per heavy atom. The topological polar surface area (TPSA) is 58.1 Å². The van der Waals surface area contributed by atoms with Crippen molar-refractivity contribution in [3.05, 3.63) is 59.4 Å². The summed E-state index contributed by atoms with van der Waals surface area (Å²) in [7, 11) is 3.33. The third-order valence-electron chi connectivity index (χ3n) is 5.08. The number of ether oxygens (including phenoxy) is 2. The summed E-state index contributed by atoms with van der Waals surface area (Å²) in [5.74, 6) is 2.13. The molecule has 1 fully saturated rings. The number of nitrogens with zero attached hydrogens (tertiary/aromatic N) is 2. The van der Waals surface area contributed by atoms with Crippen LogP contribution in [0.2, 0.25) is 0 Å². The van der Waals surface area contributed by atoms with E-state index in [0.29, 0.717) is 12.6 Å². The minimum Gasteiger partial charge on any atom is -0.497 e. The van der Waals surface area contributed by atoms with Gasteiger partial charge in [0.25, 0.3) is 0 Å². The van der Waals surface area contributed by atoms with Gasteiger partial charge in [0.2, 0.25) is 0 Å². The van der Waals surface area contributed by atoms with Crippen LogP contribution in [0.25, 0.3) is 0 Å². The van der Waals surface area contributed by atoms with Crippen molar-refractivity contribution in [2.45, 2.75) is 32.5 Å². The van der Waals surface area contributed by atoms with E-state index in [1.807, 2.05) is 31.2 Å². The molecule has 0 aromatic heterocycles. The number of likely N-dealkylation sites (tertiary alicyclic amines) is 1. The van der Waals surface area contributed by atoms with Gasteiger partial charge in [-0.15, -0.1) is 0 Å². The first-order valence-corrected chi connectivity index (χ1v) is 10.3. The number of aliphatic imine (C=N–C) groups is 1. The highest BCUT2D eigenvalue weighted by Crippen LogP contribution is 2.24. The zero-order valence-corrected chi connectivity index (χ0v) is 18.0. The molecule has 0 spiro atoms. The lowest BCUT2D eigenvalue weighted by Gasteiger charge is -2.19. The van der Waals surface area contributed by atoms with E-state index in [2.05, 4.69) is 20.5 Å². The molecule has 0 saturated carbocycles. The van der Waals surface area contributed by atoms with Gasteiger partial charge in [0.05, 0.1) is 20.8 Å². The summed E-state index contributed by atoms with van der Waals surface area (Å²) >= 11 is 0. The fraction of sp³-hybridized carbons (Fsp3) is 0.435. The van der Waals surface area contributed by atoms with Crippen LogP contribution >= 0.6 is 0 Å². The zero-order valence-electron chi connectivity index (χ0n) is 18.0. The van der Waals surface area contributed by atoms with Gasteiger partial charge < -0.3 is 20.1 Å². The summed E-state index contributed by atoms with van der Waals surface area (Å²) in [4.78, 5) is 7.02. The zero-order chi connectivity index (χ0) is 21.3. The minimum atomic E-state index is -0.235. The molecular formula is C23H31FN4O2. The Bertz CT molecular complexity index is 837. The first-order chi connectivity index (χ1) is 14.6. The van der Waals surface area contributed by atoms with Gasteiger partial charge in [-0.1, -0.05) is 12.1 Å². The summed E-state index contributed by atoms with van der Waals surface area (Å²) in [6.07, 6.45) is 1.03. The molecule has 0 bridgehead atoms. The summed E-state index contributed by atoms with van der Waals surface area (Å²) in [6.45, 7) is 6.01. The Hall–Kier alpha value is -2.80. The highest BCUT2D eigenvalue weighted by atomic mass is 19.1. The van der Waals surface area contributed by atoms with E-state index >= 15 is 0 Å². The smallest absolute Gasteiger partial charge is 0.191 e. The molecule has 1 unspecified atom stereocenters. The van der Waals surface area contributed by atoms with Crippen LogP contribution in [0.1, 0.15) is 24.5 Å². The van der Waals surface area contributed by atoms with Crippen molar-refractivity contribution < 1.29 is 13.9 Å². The van der Waals surface area contributed by atoms with Gasteiger partial charge in [-0.2, -0.15) is 0 Å². The molecule has 1 aliphatic heterocycles. The highest BCUT2D eigenvalue weighted by Gasteiger charge is 2.23. The van der Waals surface area contributed by atoms with Crippen molar-refractivity contribution in [3.8, 4) is 11.5 Å². The fourth-order valence-corrected chi connectivity index (χ4v) is 3.63. The summed E-state index contributed by atoms with van der Waals surface area (Å²) < 4.78 is 24.1. The van der Waals surface area contributed by atoms with Crippen molar-refractivity contribution >= 4 is 5.96 Å². The maximum atomic E-state index is 13.4. The lowest BCUT2D eigenvalue weighted by Crippen LogP contribution is -2.44. The molecule has 7 heteroatoms. The van der Waals surface area contributed by atoms with E-state index < -0.39 is 0 Å². The average Bonchev–Trinajstić information content (AvgIpc) is 3.18. The van der Waals surface area contributed by atoms with E-state index in [1.54, 1.807) is 20.3 Å². The standard InChI is InChI=1S/C23H31FN4O2/c1-4-25-23(26-14-17-6-5-7-19(24)10-17)27-20-8-9-28(16-20)15-18-11-21(29-2)13-22(12-18)30-3/h5-7,10-13,20H,4,8-9,14-16H2,1-3H3,(H2,25,26,27). The van der Waals surface area contributed by atoms with Crippen LogP contribution in [0.4, 0.5) is 4.39 Å². The number of rotatable bonds is 8. The summed E-state index contributed by atoms with van der Waals surface area (Å²) in [6, 6.07) is 12.9. The second kappa shape index (κ2) is 10.8. The maximum Gasteiger partial charge on any atom is 0.191 e. The van der Waals surface area contributed by atoms with Crippen molar-refractivity contribution in [2.75, 3.05) is 33.9 Å². The molecule has 2 aromatic rings. The second-order valence-electron chi connectivity index (χ2n) is 7.41. The molecule has 162 valence electrons. The molecule has 6 nitrogen and oxygen atoms in total. The number of nitrogens with one attached hydrogen (secondary N) is 2. The van der Waals surface area contributed by atoms with Gasteiger partial charge in [-0.05, 0) is 48.7 Å². The van der Waals surface area contributed by atoms with E-state index in [0.717, 1.165) is 55.6 Å². The Balaban J connectivity index is 1.57. The Morgan fingerprint density at radius 3 is 2.57 bits per heavy atom. The van der Waals surface area contributed by atoms with Crippen LogP contribution in [0, 0.1) is 5.82 Å². The van der Waals surface area contributed by atoms with Crippen LogP contribution in [-0.4, -0.2) is 50.8 Å². The fourth-order valence-electron chi connectivity index (χ4n) is 3.63. The predicted molar refractivity (Wildman–Crippen MR) is 118 cm³/mol. The summed E-state index contributed by atoms with van der Waals surface area (Å²) in [5.41, 5.74) is 2.02. The number of halogens is 1. The van der Waals surface area contributed by atoms with Gasteiger partial charge in [0.15, 0.2) is 5.96 Å². The molecule has 0 radical (unpaired) electrons. The summed E-state index contributed by atoms with van der Waals surface area (Å²) in [5, 5.41) is 6.80. The van der Waals surface area contributed by atoms with Crippen molar-refractivity contribution in [1.82, 2.24) is 15.5 Å². The number of hydrogen-bond acceptors (Lipinski definition) is 4. The average molecular weight is 415 g/mol. The van der Waals surface area contributed by atoms with Crippen LogP contribution in [0.15, 0.2) is 47.5 Å². The first kappa shape index (κ1) is 21.9. The molecule has 2 aromatic carbocycles. The van der Waals surface area contributed by atoms with Crippen molar-refractivity contribution in [3.63, 3.8) is 0 Å². The van der Waals surface area contributed by atoms with E-state index in [4.69, 9.17) is 9.47 Å². The van der Waals surface area contributed by atoms with Crippen molar-refractivity contribution in [2.24, 2.45) is 4.99 Å². The Morgan fingerprint density at radius 2 is 1.90 bits per heavy atom. The molecule has 1 saturated heterocycles. The maximum absolute atomic E-state index is 13.4. The molecule has 30 heavy (non-hydrogen) atoms. The van der Waals surface area contributed by atoms with E-state index in [1.165, 1.54) is 17.7 Å². The van der Waals surface area contributed by atoms with Gasteiger partial charge in [-0.3, -0.25) is 4.90 Å². The van der Waals surface area contributed by atoms with Gasteiger partial charge >= 0.3 is 0 Å². The molecule has 1 heterocycles.